The molecule has 0 saturated carbocycles. The first-order chi connectivity index (χ1) is 44.4. The van der Waals surface area contributed by atoms with Crippen LogP contribution in [0.3, 0.4) is 0 Å². The van der Waals surface area contributed by atoms with Gasteiger partial charge in [0.05, 0.1) is 5.69 Å². The summed E-state index contributed by atoms with van der Waals surface area (Å²) in [6.07, 6.45) is 9.30. The quantitative estimate of drug-likeness (QED) is 0.159. The van der Waals surface area contributed by atoms with Crippen LogP contribution in [0.15, 0.2) is 127 Å². The Balaban J connectivity index is 1.12. The summed E-state index contributed by atoms with van der Waals surface area (Å²) in [5, 5.41) is 0. The minimum Gasteiger partial charge on any atom is -0.311 e. The minimum atomic E-state index is -0.248. The molecule has 96 heavy (non-hydrogen) atoms. The van der Waals surface area contributed by atoms with E-state index >= 15 is 0 Å². The van der Waals surface area contributed by atoms with Gasteiger partial charge >= 0.3 is 0 Å². The van der Waals surface area contributed by atoms with Crippen molar-refractivity contribution in [2.75, 3.05) is 14.7 Å². The molecule has 2 heterocycles. The van der Waals surface area contributed by atoms with Crippen LogP contribution >= 0.6 is 0 Å². The van der Waals surface area contributed by atoms with Gasteiger partial charge in [-0.1, -0.05) is 221 Å². The maximum Gasteiger partial charge on any atom is 0.252 e. The van der Waals surface area contributed by atoms with Gasteiger partial charge in [-0.3, -0.25) is 0 Å². The van der Waals surface area contributed by atoms with Crippen LogP contribution in [0, 0.1) is 6.92 Å². The summed E-state index contributed by atoms with van der Waals surface area (Å²) in [5.41, 5.74) is 37.0. The third-order valence-electron chi connectivity index (χ3n) is 26.5. The van der Waals surface area contributed by atoms with E-state index in [2.05, 4.69) is 315 Å². The summed E-state index contributed by atoms with van der Waals surface area (Å²) in [6, 6.07) is 53.9. The van der Waals surface area contributed by atoms with Gasteiger partial charge in [0.25, 0.3) is 6.71 Å². The number of hydrogen-bond acceptors (Lipinski definition) is 3. The van der Waals surface area contributed by atoms with Crippen molar-refractivity contribution >= 4 is 74.3 Å². The Morgan fingerprint density at radius 2 is 0.667 bits per heavy atom. The van der Waals surface area contributed by atoms with Gasteiger partial charge in [0.15, 0.2) is 0 Å². The molecule has 0 aromatic heterocycles. The van der Waals surface area contributed by atoms with Crippen molar-refractivity contribution < 1.29 is 0 Å². The van der Waals surface area contributed by atoms with Crippen molar-refractivity contribution in [2.24, 2.45) is 0 Å². The largest absolute Gasteiger partial charge is 0.311 e. The van der Waals surface area contributed by atoms with Crippen LogP contribution in [0.2, 0.25) is 0 Å². The first-order valence-corrected chi connectivity index (χ1v) is 37.1. The van der Waals surface area contributed by atoms with Gasteiger partial charge in [-0.25, -0.2) is 0 Å². The van der Waals surface area contributed by atoms with Crippen molar-refractivity contribution in [3.63, 3.8) is 0 Å². The molecular weight excluding hydrogens is 1160 g/mol. The average molecular weight is 1270 g/mol. The second-order valence-electron chi connectivity index (χ2n) is 39.4. The summed E-state index contributed by atoms with van der Waals surface area (Å²) in [7, 11) is 0. The predicted octanol–water partition coefficient (Wildman–Crippen LogP) is 23.8. The van der Waals surface area contributed by atoms with Gasteiger partial charge in [0, 0.05) is 50.9 Å². The Bertz CT molecular complexity index is 4530. The first kappa shape index (κ1) is 65.2. The molecule has 0 saturated heterocycles. The monoisotopic (exact) mass is 1270 g/mol. The highest BCUT2D eigenvalue weighted by Crippen LogP contribution is 2.60. The molecular formula is C92H112BN3. The fraction of sp³-hybridized carbons (Fsp3) is 0.478. The normalized spacial score (nSPS) is 20.9. The molecule has 0 bridgehead atoms. The molecule has 8 aromatic carbocycles. The Hall–Kier alpha value is -6.78. The highest BCUT2D eigenvalue weighted by atomic mass is 15.2. The van der Waals surface area contributed by atoms with Crippen LogP contribution in [0.1, 0.15) is 290 Å². The van der Waals surface area contributed by atoms with Gasteiger partial charge in [-0.15, -0.1) is 0 Å². The molecule has 2 aliphatic heterocycles. The van der Waals surface area contributed by atoms with Crippen molar-refractivity contribution in [3.8, 4) is 11.1 Å². The number of aryl methyl sites for hydroxylation is 1. The molecule has 0 atom stereocenters. The molecule has 0 amide bonds. The highest BCUT2D eigenvalue weighted by Gasteiger charge is 2.51. The van der Waals surface area contributed by atoms with Crippen LogP contribution in [0.5, 0.6) is 0 Å². The average Bonchev–Trinajstić information content (AvgIpc) is 0.947. The van der Waals surface area contributed by atoms with E-state index in [4.69, 9.17) is 0 Å². The van der Waals surface area contributed by atoms with Gasteiger partial charge in [0.2, 0.25) is 0 Å². The second kappa shape index (κ2) is 20.4. The molecule has 0 fully saturated rings. The van der Waals surface area contributed by atoms with Crippen molar-refractivity contribution in [3.05, 3.63) is 200 Å². The SMILES string of the molecule is Cc1cc2c(cc1N1c3cc4c(cc3B3c5cc6c(cc5N(c5ccc7c(c5)C(C)(C)CCC7(C)C)c5cc(N(c7ccc(C(C)(C)C)cc7)c7ccc(C(C)(C)C)cc7)cc1c53)C(C)(C)CCC6(C)C)C(C)(C)c1cc3c(cc1-4)C(C)(C)CCC3(C)C)C(C)(C)CCC2(C)C. The Morgan fingerprint density at radius 3 is 1.14 bits per heavy atom. The molecule has 498 valence electrons. The fourth-order valence-corrected chi connectivity index (χ4v) is 19.3. The topological polar surface area (TPSA) is 9.72 Å². The number of nitrogens with zero attached hydrogens (tertiary/aromatic N) is 3. The maximum atomic E-state index is 2.83. The molecule has 0 radical (unpaired) electrons. The number of benzene rings is 8. The molecule has 0 N–H and O–H groups in total. The van der Waals surface area contributed by atoms with E-state index in [-0.39, 0.29) is 66.3 Å². The van der Waals surface area contributed by atoms with Crippen molar-refractivity contribution in [2.45, 2.75) is 284 Å². The molecule has 8 aromatic rings. The lowest BCUT2D eigenvalue weighted by atomic mass is 9.33. The summed E-state index contributed by atoms with van der Waals surface area (Å²) >= 11 is 0. The first-order valence-electron chi connectivity index (χ1n) is 37.1. The molecule has 4 heteroatoms. The number of anilines is 9. The van der Waals surface area contributed by atoms with E-state index < -0.39 is 0 Å². The van der Waals surface area contributed by atoms with Gasteiger partial charge in [0.1, 0.15) is 0 Å². The lowest BCUT2D eigenvalue weighted by molar-refractivity contribution is 0.331. The summed E-state index contributed by atoms with van der Waals surface area (Å²) in [4.78, 5) is 8.22. The van der Waals surface area contributed by atoms with Crippen LogP contribution in [0.25, 0.3) is 11.1 Å². The summed E-state index contributed by atoms with van der Waals surface area (Å²) < 4.78 is 0. The van der Waals surface area contributed by atoms with Crippen LogP contribution in [-0.4, -0.2) is 6.71 Å². The van der Waals surface area contributed by atoms with Crippen LogP contribution in [-0.2, 0) is 59.6 Å². The Kier molecular flexibility index (Phi) is 13.9. The van der Waals surface area contributed by atoms with Crippen molar-refractivity contribution in [1.82, 2.24) is 0 Å². The van der Waals surface area contributed by atoms with Crippen LogP contribution in [0.4, 0.5) is 51.2 Å². The number of fused-ring (bicyclic) bond motifs is 11. The number of hydrogen-bond donors (Lipinski definition) is 0. The standard InChI is InChI=1S/C92H112BN3/c1-55-44-67-72(90(20,21)42-38-85(67,10)11)53-76(55)96-77-49-63-62-48-69-70(88(16,17)40-39-87(69,14)15)50-65(62)92(24,25)66(63)51-74(77)93-75-52-71-73(91(22,23)43-41-89(71,18)19)54-78(75)95(60-34-35-64-68(45-60)86(12,13)37-36-84(64,8)9)79-46-61(47-80(96)81(79)93)94(58-30-26-56(27-31-58)82(2,3)4)59-32-28-57(29-33-59)83(5,6)7/h26-35,44-54H,36-43H2,1-25H3. The maximum absolute atomic E-state index is 2.83. The lowest BCUT2D eigenvalue weighted by Crippen LogP contribution is -2.62. The lowest BCUT2D eigenvalue weighted by Gasteiger charge is -2.49. The molecule has 7 aliphatic rings. The third-order valence-corrected chi connectivity index (χ3v) is 26.5. The molecule has 3 nitrogen and oxygen atoms in total. The smallest absolute Gasteiger partial charge is 0.252 e. The fourth-order valence-electron chi connectivity index (χ4n) is 19.3. The summed E-state index contributed by atoms with van der Waals surface area (Å²) in [5.74, 6) is 0. The van der Waals surface area contributed by atoms with Gasteiger partial charge < -0.3 is 14.7 Å². The van der Waals surface area contributed by atoms with Crippen molar-refractivity contribution in [1.29, 1.82) is 0 Å². The molecule has 15 rings (SSSR count). The summed E-state index contributed by atoms with van der Waals surface area (Å²) in [6.45, 7) is 61.7. The highest BCUT2D eigenvalue weighted by molar-refractivity contribution is 7.00. The predicted molar refractivity (Wildman–Crippen MR) is 416 cm³/mol. The van der Waals surface area contributed by atoms with Gasteiger partial charge in [-0.2, -0.15) is 0 Å². The van der Waals surface area contributed by atoms with E-state index in [1.807, 2.05) is 0 Å². The molecule has 0 unspecified atom stereocenters. The number of rotatable bonds is 5. The van der Waals surface area contributed by atoms with Crippen LogP contribution < -0.4 is 31.1 Å². The Labute approximate surface area is 580 Å². The zero-order chi connectivity index (χ0) is 68.9. The molecule has 0 spiro atoms. The van der Waals surface area contributed by atoms with E-state index in [0.717, 1.165) is 42.7 Å². The third kappa shape index (κ3) is 9.73. The van der Waals surface area contributed by atoms with E-state index in [1.54, 1.807) is 5.56 Å². The Morgan fingerprint density at radius 1 is 0.312 bits per heavy atom. The van der Waals surface area contributed by atoms with E-state index in [9.17, 15) is 0 Å². The zero-order valence-electron chi connectivity index (χ0n) is 63.7. The van der Waals surface area contributed by atoms with E-state index in [1.165, 1.54) is 154 Å². The minimum absolute atomic E-state index is 0.00200. The molecule has 5 aliphatic carbocycles. The van der Waals surface area contributed by atoms with Gasteiger partial charge in [-0.05, 0) is 285 Å². The zero-order valence-corrected chi connectivity index (χ0v) is 63.7. The van der Waals surface area contributed by atoms with E-state index in [0.29, 0.717) is 0 Å². The second-order valence-corrected chi connectivity index (χ2v) is 39.4.